The maximum Gasteiger partial charge on any atom is 0.267 e. The van der Waals surface area contributed by atoms with Gasteiger partial charge in [-0.1, -0.05) is 17.7 Å². The van der Waals surface area contributed by atoms with Gasteiger partial charge in [0.1, 0.15) is 0 Å². The van der Waals surface area contributed by atoms with Crippen LogP contribution < -0.4 is 0 Å². The highest BCUT2D eigenvalue weighted by molar-refractivity contribution is 7.90. The number of fused-ring (bicyclic) bond motifs is 6. The van der Waals surface area contributed by atoms with Crippen LogP contribution in [0.4, 0.5) is 0 Å². The van der Waals surface area contributed by atoms with Crippen molar-refractivity contribution in [3.63, 3.8) is 0 Å². The van der Waals surface area contributed by atoms with Crippen molar-refractivity contribution in [3.8, 4) is 0 Å². The van der Waals surface area contributed by atoms with Gasteiger partial charge in [-0.2, -0.15) is 0 Å². The molecule has 6 nitrogen and oxygen atoms in total. The van der Waals surface area contributed by atoms with Gasteiger partial charge in [-0.25, -0.2) is 12.4 Å². The number of nitrogens with zero attached hydrogens (tertiary/aromatic N) is 1. The number of hydrogen-bond acceptors (Lipinski definition) is 5. The van der Waals surface area contributed by atoms with Gasteiger partial charge in [0, 0.05) is 18.2 Å². The molecular weight excluding hydrogens is 330 g/mol. The molecule has 24 heavy (non-hydrogen) atoms. The molecule has 1 saturated heterocycles. The summed E-state index contributed by atoms with van der Waals surface area (Å²) in [7, 11) is -3.76. The van der Waals surface area contributed by atoms with E-state index in [1.807, 2.05) is 6.92 Å². The molecular formula is C17H19NO5S. The maximum atomic E-state index is 13.0. The van der Waals surface area contributed by atoms with Gasteiger partial charge in [-0.3, -0.25) is 0 Å². The number of benzene rings is 1. The van der Waals surface area contributed by atoms with Crippen LogP contribution in [0.1, 0.15) is 35.8 Å². The van der Waals surface area contributed by atoms with Crippen molar-refractivity contribution in [1.82, 2.24) is 3.97 Å². The fourth-order valence-corrected chi connectivity index (χ4v) is 4.82. The number of rotatable bonds is 2. The quantitative estimate of drug-likeness (QED) is 0.898. The van der Waals surface area contributed by atoms with Crippen LogP contribution in [-0.4, -0.2) is 30.7 Å². The molecule has 0 radical (unpaired) electrons. The molecule has 2 bridgehead atoms. The molecule has 2 atom stereocenters. The summed E-state index contributed by atoms with van der Waals surface area (Å²) < 4.78 is 38.6. The smallest absolute Gasteiger partial charge is 0.267 e. The van der Waals surface area contributed by atoms with Crippen LogP contribution in [0.25, 0.3) is 0 Å². The van der Waals surface area contributed by atoms with Crippen molar-refractivity contribution in [1.29, 1.82) is 0 Å². The van der Waals surface area contributed by atoms with Crippen LogP contribution in [0.15, 0.2) is 41.4 Å². The van der Waals surface area contributed by atoms with Crippen LogP contribution in [0.3, 0.4) is 0 Å². The summed E-state index contributed by atoms with van der Waals surface area (Å²) in [5.41, 5.74) is 1.93. The van der Waals surface area contributed by atoms with Crippen molar-refractivity contribution in [2.75, 3.05) is 13.2 Å². The molecule has 2 unspecified atom stereocenters. The van der Waals surface area contributed by atoms with Crippen molar-refractivity contribution in [3.05, 3.63) is 53.3 Å². The Morgan fingerprint density at radius 2 is 1.96 bits per heavy atom. The Bertz CT molecular complexity index is 871. The van der Waals surface area contributed by atoms with Crippen LogP contribution in [0.5, 0.6) is 0 Å². The predicted octanol–water partition coefficient (Wildman–Crippen LogP) is 2.06. The predicted molar refractivity (Wildman–Crippen MR) is 86.0 cm³/mol. The van der Waals surface area contributed by atoms with E-state index in [9.17, 15) is 13.5 Å². The summed E-state index contributed by atoms with van der Waals surface area (Å²) >= 11 is 0. The first-order valence-electron chi connectivity index (χ1n) is 7.94. The Balaban J connectivity index is 1.88. The minimum atomic E-state index is -3.76. The van der Waals surface area contributed by atoms with Crippen molar-refractivity contribution in [2.45, 2.75) is 36.6 Å². The Morgan fingerprint density at radius 1 is 1.21 bits per heavy atom. The van der Waals surface area contributed by atoms with Crippen LogP contribution >= 0.6 is 0 Å². The molecule has 1 aromatic heterocycles. The van der Waals surface area contributed by atoms with E-state index in [0.717, 1.165) is 5.56 Å². The lowest BCUT2D eigenvalue weighted by Crippen LogP contribution is -2.39. The van der Waals surface area contributed by atoms with Gasteiger partial charge >= 0.3 is 0 Å². The molecule has 1 N–H and O–H groups in total. The fraction of sp³-hybridized carbons (Fsp3) is 0.412. The minimum Gasteiger partial charge on any atom is -0.370 e. The Kier molecular flexibility index (Phi) is 3.58. The highest BCUT2D eigenvalue weighted by atomic mass is 32.2. The van der Waals surface area contributed by atoms with Gasteiger partial charge in [0.25, 0.3) is 10.0 Å². The highest BCUT2D eigenvalue weighted by Crippen LogP contribution is 2.45. The monoisotopic (exact) mass is 349 g/mol. The summed E-state index contributed by atoms with van der Waals surface area (Å²) in [6.45, 7) is 2.51. The van der Waals surface area contributed by atoms with Crippen molar-refractivity contribution in [2.24, 2.45) is 0 Å². The molecule has 128 valence electrons. The van der Waals surface area contributed by atoms with E-state index in [-0.39, 0.29) is 17.6 Å². The van der Waals surface area contributed by atoms with Gasteiger partial charge in [-0.05, 0) is 31.5 Å². The summed E-state index contributed by atoms with van der Waals surface area (Å²) in [5, 5.41) is 10.8. The molecule has 2 aliphatic rings. The van der Waals surface area contributed by atoms with Crippen LogP contribution in [-0.2, 0) is 25.3 Å². The maximum absolute atomic E-state index is 13.0. The van der Waals surface area contributed by atoms with E-state index in [1.54, 1.807) is 30.3 Å². The van der Waals surface area contributed by atoms with E-state index in [0.29, 0.717) is 30.7 Å². The molecule has 2 heterocycles. The van der Waals surface area contributed by atoms with Gasteiger partial charge in [0.15, 0.2) is 5.79 Å². The van der Waals surface area contributed by atoms with Crippen molar-refractivity contribution >= 4 is 10.0 Å². The number of aromatic nitrogens is 1. The van der Waals surface area contributed by atoms with Crippen molar-refractivity contribution < 1.29 is 23.0 Å². The third kappa shape index (κ3) is 2.31. The Hall–Kier alpha value is -1.67. The zero-order valence-electron chi connectivity index (χ0n) is 13.3. The average Bonchev–Trinajstić information content (AvgIpc) is 2.98. The third-order valence-electron chi connectivity index (χ3n) is 4.68. The minimum absolute atomic E-state index is 0.206. The lowest BCUT2D eigenvalue weighted by molar-refractivity contribution is -0.249. The number of hydrogen-bond donors (Lipinski definition) is 1. The first-order valence-corrected chi connectivity index (χ1v) is 9.38. The Morgan fingerprint density at radius 3 is 2.71 bits per heavy atom. The summed E-state index contributed by atoms with van der Waals surface area (Å²) in [4.78, 5) is 0.206. The van der Waals surface area contributed by atoms with Gasteiger partial charge in [0.05, 0.1) is 29.9 Å². The molecule has 0 amide bonds. The second kappa shape index (κ2) is 5.42. The molecule has 0 saturated carbocycles. The highest BCUT2D eigenvalue weighted by Gasteiger charge is 2.44. The standard InChI is InChI=1S/C17H19NO5S/c1-12-2-4-13(5-3-12)24(20,21)18-9-7-14-16(18)15-6-8-17(14,19)23-11-10-22-15/h2-5,7,9,15,19H,6,8,10-11H2,1H3. The molecule has 7 heteroatoms. The molecule has 0 spiro atoms. The largest absolute Gasteiger partial charge is 0.370 e. The van der Waals surface area contributed by atoms with Gasteiger partial charge in [0.2, 0.25) is 0 Å². The zero-order valence-corrected chi connectivity index (χ0v) is 14.1. The molecule has 4 rings (SSSR count). The zero-order chi connectivity index (χ0) is 16.9. The Labute approximate surface area is 140 Å². The summed E-state index contributed by atoms with van der Waals surface area (Å²) in [6.07, 6.45) is 2.01. The summed E-state index contributed by atoms with van der Waals surface area (Å²) in [6, 6.07) is 8.31. The van der Waals surface area contributed by atoms with E-state index < -0.39 is 15.8 Å². The van der Waals surface area contributed by atoms with E-state index in [4.69, 9.17) is 9.47 Å². The molecule has 1 fully saturated rings. The SMILES string of the molecule is Cc1ccc(S(=O)(=O)n2ccc3c2C2CCC3(O)OCCO2)cc1. The van der Waals surface area contributed by atoms with Crippen LogP contribution in [0.2, 0.25) is 0 Å². The normalized spacial score (nSPS) is 26.7. The van der Waals surface area contributed by atoms with E-state index in [2.05, 4.69) is 0 Å². The number of ether oxygens (including phenoxy) is 2. The fourth-order valence-electron chi connectivity index (χ4n) is 3.42. The van der Waals surface area contributed by atoms with E-state index in [1.165, 1.54) is 10.2 Å². The molecule has 1 aliphatic heterocycles. The number of aryl methyl sites for hydroxylation is 1. The average molecular weight is 349 g/mol. The molecule has 2 aromatic rings. The van der Waals surface area contributed by atoms with E-state index >= 15 is 0 Å². The second-order valence-corrected chi connectivity index (χ2v) is 8.07. The second-order valence-electron chi connectivity index (χ2n) is 6.26. The first kappa shape index (κ1) is 15.8. The summed E-state index contributed by atoms with van der Waals surface area (Å²) in [5.74, 6) is -1.44. The molecule has 1 aromatic carbocycles. The topological polar surface area (TPSA) is 77.8 Å². The third-order valence-corrected chi connectivity index (χ3v) is 6.39. The number of aliphatic hydroxyl groups is 1. The lowest BCUT2D eigenvalue weighted by atomic mass is 9.89. The van der Waals surface area contributed by atoms with Gasteiger partial charge < -0.3 is 14.6 Å². The lowest BCUT2D eigenvalue weighted by Gasteiger charge is -2.39. The first-order chi connectivity index (χ1) is 11.4. The van der Waals surface area contributed by atoms with Gasteiger partial charge in [-0.15, -0.1) is 0 Å². The van der Waals surface area contributed by atoms with Crippen LogP contribution in [0, 0.1) is 6.92 Å². The molecule has 1 aliphatic carbocycles.